The molecule has 3 aromatic rings. The number of nitrogens with one attached hydrogen (secondary N) is 1. The number of carbonyl (C=O) groups is 1. The molecule has 168 valence electrons. The first kappa shape index (κ1) is 21.3. The number of furan rings is 1. The zero-order valence-corrected chi connectivity index (χ0v) is 18.3. The van der Waals surface area contributed by atoms with Crippen LogP contribution in [0.25, 0.3) is 17.4 Å². The molecule has 1 N–H and O–H groups in total. The number of carbonyl (C=O) groups excluding carboxylic acids is 1. The molecule has 2 aromatic heterocycles. The third kappa shape index (κ3) is 3.75. The number of aliphatic imine (C=N–C) groups is 1. The molecule has 4 heterocycles. The summed E-state index contributed by atoms with van der Waals surface area (Å²) in [6.07, 6.45) is 4.64. The number of pyridine rings is 1. The van der Waals surface area contributed by atoms with Gasteiger partial charge in [0.05, 0.1) is 29.2 Å². The first-order chi connectivity index (χ1) is 16.4. The zero-order chi connectivity index (χ0) is 23.8. The van der Waals surface area contributed by atoms with Crippen molar-refractivity contribution in [3.63, 3.8) is 0 Å². The molecule has 2 aliphatic heterocycles. The van der Waals surface area contributed by atoms with E-state index < -0.39 is 10.8 Å². The summed E-state index contributed by atoms with van der Waals surface area (Å²) in [5.41, 5.74) is 0.787. The lowest BCUT2D eigenvalue weighted by Crippen LogP contribution is -2.35. The maximum Gasteiger partial charge on any atom is 0.284 e. The monoisotopic (exact) mass is 474 g/mol. The number of thioether (sulfide) groups is 1. The standard InChI is InChI=1S/C22H14N6O5S/c1-32-13-4-6-15(17(10-13)28(30)31)18-7-5-14(33-18)9-16-19(23)27-22(25-20(16)29)34-21(26-27)12-3-2-8-24-11-12/h2-11,23H,1H3/b16-9-,23-19?. The SMILES string of the molecule is COc1ccc(-c2ccc(/C=C3/C(=N)N4N=C(c5cccnc5)SC4=NC3=O)o2)c([N+](=O)[O-])c1. The third-order valence-electron chi connectivity index (χ3n) is 4.94. The number of fused-ring (bicyclic) bond motifs is 1. The van der Waals surface area contributed by atoms with Gasteiger partial charge in [0.2, 0.25) is 5.17 Å². The lowest BCUT2D eigenvalue weighted by molar-refractivity contribution is -0.384. The maximum absolute atomic E-state index is 12.6. The number of nitro groups is 1. The first-order valence-corrected chi connectivity index (χ1v) is 10.6. The summed E-state index contributed by atoms with van der Waals surface area (Å²) < 4.78 is 10.8. The lowest BCUT2D eigenvalue weighted by Gasteiger charge is -2.19. The molecule has 0 aliphatic carbocycles. The molecule has 0 saturated heterocycles. The van der Waals surface area contributed by atoms with Crippen LogP contribution in [-0.4, -0.2) is 44.0 Å². The van der Waals surface area contributed by atoms with E-state index in [1.54, 1.807) is 36.7 Å². The van der Waals surface area contributed by atoms with Gasteiger partial charge in [0.15, 0.2) is 5.84 Å². The van der Waals surface area contributed by atoms with E-state index in [9.17, 15) is 14.9 Å². The van der Waals surface area contributed by atoms with Crippen LogP contribution in [0.1, 0.15) is 11.3 Å². The van der Waals surface area contributed by atoms with Crippen LogP contribution < -0.4 is 4.74 Å². The van der Waals surface area contributed by atoms with Gasteiger partial charge in [-0.25, -0.2) is 0 Å². The smallest absolute Gasteiger partial charge is 0.284 e. The Bertz CT molecular complexity index is 1440. The number of aromatic nitrogens is 1. The minimum absolute atomic E-state index is 0.0225. The van der Waals surface area contributed by atoms with Crippen molar-refractivity contribution >= 4 is 45.5 Å². The van der Waals surface area contributed by atoms with Gasteiger partial charge in [-0.3, -0.25) is 25.3 Å². The van der Waals surface area contributed by atoms with Crippen molar-refractivity contribution in [1.82, 2.24) is 9.99 Å². The molecule has 0 fully saturated rings. The number of hydrogen-bond acceptors (Lipinski definition) is 9. The van der Waals surface area contributed by atoms with Crippen molar-refractivity contribution < 1.29 is 18.9 Å². The number of amides is 1. The molecule has 0 unspecified atom stereocenters. The molecule has 1 amide bonds. The minimum Gasteiger partial charge on any atom is -0.497 e. The molecule has 0 radical (unpaired) electrons. The average molecular weight is 474 g/mol. The van der Waals surface area contributed by atoms with Crippen LogP contribution in [0.4, 0.5) is 5.69 Å². The van der Waals surface area contributed by atoms with E-state index in [2.05, 4.69) is 15.1 Å². The van der Waals surface area contributed by atoms with Crippen LogP contribution in [0, 0.1) is 15.5 Å². The van der Waals surface area contributed by atoms with Gasteiger partial charge in [-0.1, -0.05) is 0 Å². The van der Waals surface area contributed by atoms with Crippen molar-refractivity contribution in [1.29, 1.82) is 5.41 Å². The van der Waals surface area contributed by atoms with E-state index >= 15 is 0 Å². The number of benzene rings is 1. The van der Waals surface area contributed by atoms with Crippen LogP contribution in [0.2, 0.25) is 0 Å². The predicted octanol–water partition coefficient (Wildman–Crippen LogP) is 3.93. The maximum atomic E-state index is 12.6. The Kier molecular flexibility index (Phi) is 5.26. The molecule has 12 heteroatoms. The highest BCUT2D eigenvalue weighted by atomic mass is 32.2. The van der Waals surface area contributed by atoms with Crippen molar-refractivity contribution in [2.75, 3.05) is 7.11 Å². The number of nitro benzene ring substituents is 1. The minimum atomic E-state index is -0.611. The summed E-state index contributed by atoms with van der Waals surface area (Å²) >= 11 is 1.17. The van der Waals surface area contributed by atoms with Gasteiger partial charge in [0, 0.05) is 18.0 Å². The normalized spacial score (nSPS) is 16.4. The number of hydrogen-bond donors (Lipinski definition) is 1. The van der Waals surface area contributed by atoms with Crippen LogP contribution in [0.15, 0.2) is 74.9 Å². The van der Waals surface area contributed by atoms with Crippen LogP contribution in [0.5, 0.6) is 5.75 Å². The highest BCUT2D eigenvalue weighted by Gasteiger charge is 2.36. The molecule has 5 rings (SSSR count). The second-order valence-electron chi connectivity index (χ2n) is 7.01. The summed E-state index contributed by atoms with van der Waals surface area (Å²) in [7, 11) is 1.42. The summed E-state index contributed by atoms with van der Waals surface area (Å²) in [5.74, 6) is 0.0347. The molecule has 11 nitrogen and oxygen atoms in total. The van der Waals surface area contributed by atoms with E-state index in [0.29, 0.717) is 10.8 Å². The van der Waals surface area contributed by atoms with Gasteiger partial charge in [0.25, 0.3) is 11.6 Å². The first-order valence-electron chi connectivity index (χ1n) is 9.78. The Morgan fingerprint density at radius 2 is 2.12 bits per heavy atom. The van der Waals surface area contributed by atoms with E-state index in [1.807, 2.05) is 6.07 Å². The molecule has 0 spiro atoms. The quantitative estimate of drug-likeness (QED) is 0.332. The van der Waals surface area contributed by atoms with Crippen LogP contribution in [0.3, 0.4) is 0 Å². The van der Waals surface area contributed by atoms with Crippen LogP contribution >= 0.6 is 11.8 Å². The fraction of sp³-hybridized carbons (Fsp3) is 0.0455. The van der Waals surface area contributed by atoms with Gasteiger partial charge in [0.1, 0.15) is 22.3 Å². The van der Waals surface area contributed by atoms with Gasteiger partial charge >= 0.3 is 0 Å². The molecule has 34 heavy (non-hydrogen) atoms. The van der Waals surface area contributed by atoms with E-state index in [0.717, 1.165) is 5.56 Å². The Morgan fingerprint density at radius 3 is 2.85 bits per heavy atom. The molecule has 0 bridgehead atoms. The second kappa shape index (κ2) is 8.41. The molecule has 2 aliphatic rings. The van der Waals surface area contributed by atoms with Crippen LogP contribution in [-0.2, 0) is 4.79 Å². The summed E-state index contributed by atoms with van der Waals surface area (Å²) in [5, 5.41) is 26.5. The number of ether oxygens (including phenoxy) is 1. The highest BCUT2D eigenvalue weighted by Crippen LogP contribution is 2.35. The fourth-order valence-electron chi connectivity index (χ4n) is 3.31. The van der Waals surface area contributed by atoms with Crippen molar-refractivity contribution in [2.45, 2.75) is 0 Å². The molecular formula is C22H14N6O5S. The van der Waals surface area contributed by atoms with E-state index in [-0.39, 0.29) is 39.3 Å². The lowest BCUT2D eigenvalue weighted by atomic mass is 10.1. The Balaban J connectivity index is 1.46. The van der Waals surface area contributed by atoms with Gasteiger partial charge in [-0.05, 0) is 54.2 Å². The molecule has 0 saturated carbocycles. The molecular weight excluding hydrogens is 460 g/mol. The second-order valence-corrected chi connectivity index (χ2v) is 7.97. The Morgan fingerprint density at radius 1 is 1.26 bits per heavy atom. The third-order valence-corrected chi connectivity index (χ3v) is 5.90. The number of hydrazone groups is 1. The molecule has 1 aromatic carbocycles. The van der Waals surface area contributed by atoms with Gasteiger partial charge in [-0.15, -0.1) is 0 Å². The molecule has 0 atom stereocenters. The highest BCUT2D eigenvalue weighted by molar-refractivity contribution is 8.27. The largest absolute Gasteiger partial charge is 0.497 e. The van der Waals surface area contributed by atoms with E-state index in [1.165, 1.54) is 42.1 Å². The average Bonchev–Trinajstić information content (AvgIpc) is 3.49. The topological polar surface area (TPSA) is 147 Å². The van der Waals surface area contributed by atoms with Crippen molar-refractivity contribution in [3.8, 4) is 17.1 Å². The van der Waals surface area contributed by atoms with Gasteiger partial charge < -0.3 is 9.15 Å². The Hall–Kier alpha value is -4.58. The fourth-order valence-corrected chi connectivity index (χ4v) is 4.19. The number of methoxy groups -OCH3 is 1. The van der Waals surface area contributed by atoms with Crippen molar-refractivity contribution in [3.05, 3.63) is 81.9 Å². The Labute approximate surface area is 196 Å². The summed E-state index contributed by atoms with van der Waals surface area (Å²) in [6.45, 7) is 0. The van der Waals surface area contributed by atoms with Gasteiger partial charge in [-0.2, -0.15) is 15.1 Å². The van der Waals surface area contributed by atoms with E-state index in [4.69, 9.17) is 14.6 Å². The summed E-state index contributed by atoms with van der Waals surface area (Å²) in [4.78, 5) is 31.7. The zero-order valence-electron chi connectivity index (χ0n) is 17.5. The number of amidine groups is 2. The number of rotatable bonds is 5. The van der Waals surface area contributed by atoms with Crippen molar-refractivity contribution in [2.24, 2.45) is 10.1 Å². The predicted molar refractivity (Wildman–Crippen MR) is 126 cm³/mol. The summed E-state index contributed by atoms with van der Waals surface area (Å²) in [6, 6.07) is 11.1. The number of nitrogens with zero attached hydrogens (tertiary/aromatic N) is 5.